The molecule has 2 unspecified atom stereocenters. The predicted molar refractivity (Wildman–Crippen MR) is 90.6 cm³/mol. The van der Waals surface area contributed by atoms with Gasteiger partial charge in [-0.05, 0) is 30.2 Å². The Morgan fingerprint density at radius 3 is 2.40 bits per heavy atom. The summed E-state index contributed by atoms with van der Waals surface area (Å²) in [6, 6.07) is 17.6. The largest absolute Gasteiger partial charge is 0.325 e. The summed E-state index contributed by atoms with van der Waals surface area (Å²) in [6.07, 6.45) is 0. The summed E-state index contributed by atoms with van der Waals surface area (Å²) in [6.45, 7) is 2.00. The van der Waals surface area contributed by atoms with Crippen molar-refractivity contribution in [3.63, 3.8) is 0 Å². The van der Waals surface area contributed by atoms with Crippen LogP contribution in [0.15, 0.2) is 54.6 Å². The van der Waals surface area contributed by atoms with Gasteiger partial charge in [0.25, 0.3) is 0 Å². The SMILES string of the molecule is Cc1cccc(NC(=O)C(Br)C(Br)c2ccccc2)c1. The number of benzene rings is 2. The van der Waals surface area contributed by atoms with Crippen molar-refractivity contribution in [2.75, 3.05) is 5.32 Å². The van der Waals surface area contributed by atoms with Gasteiger partial charge < -0.3 is 5.32 Å². The van der Waals surface area contributed by atoms with E-state index < -0.39 is 0 Å². The van der Waals surface area contributed by atoms with Crippen molar-refractivity contribution in [3.05, 3.63) is 65.7 Å². The predicted octanol–water partition coefficient (Wildman–Crippen LogP) is 4.83. The van der Waals surface area contributed by atoms with Gasteiger partial charge in [-0.3, -0.25) is 4.79 Å². The Labute approximate surface area is 135 Å². The third kappa shape index (κ3) is 3.93. The summed E-state index contributed by atoms with van der Waals surface area (Å²) in [4.78, 5) is 11.8. The van der Waals surface area contributed by atoms with Crippen LogP contribution < -0.4 is 5.32 Å². The first-order chi connectivity index (χ1) is 9.58. The van der Waals surface area contributed by atoms with Crippen molar-refractivity contribution in [2.45, 2.75) is 16.6 Å². The number of hydrogen-bond donors (Lipinski definition) is 1. The number of hydrogen-bond acceptors (Lipinski definition) is 1. The molecule has 2 rings (SSSR count). The number of carbonyl (C=O) groups is 1. The molecule has 2 atom stereocenters. The van der Waals surface area contributed by atoms with Crippen LogP contribution in [0.1, 0.15) is 16.0 Å². The molecule has 104 valence electrons. The molecule has 0 radical (unpaired) electrons. The van der Waals surface area contributed by atoms with E-state index in [-0.39, 0.29) is 15.6 Å². The van der Waals surface area contributed by atoms with Gasteiger partial charge in [0, 0.05) is 5.69 Å². The molecule has 2 aromatic rings. The quantitative estimate of drug-likeness (QED) is 0.736. The highest BCUT2D eigenvalue weighted by atomic mass is 79.9. The highest BCUT2D eigenvalue weighted by Gasteiger charge is 2.24. The zero-order valence-electron chi connectivity index (χ0n) is 11.0. The molecule has 0 aliphatic carbocycles. The van der Waals surface area contributed by atoms with Crippen molar-refractivity contribution < 1.29 is 4.79 Å². The number of nitrogens with one attached hydrogen (secondary N) is 1. The molecule has 0 bridgehead atoms. The number of alkyl halides is 2. The van der Waals surface area contributed by atoms with E-state index in [1.807, 2.05) is 61.5 Å². The first-order valence-electron chi connectivity index (χ1n) is 6.28. The first kappa shape index (κ1) is 15.3. The zero-order chi connectivity index (χ0) is 14.5. The lowest BCUT2D eigenvalue weighted by atomic mass is 10.1. The van der Waals surface area contributed by atoms with Crippen molar-refractivity contribution in [1.82, 2.24) is 0 Å². The molecule has 4 heteroatoms. The molecular formula is C16H15Br2NO. The topological polar surface area (TPSA) is 29.1 Å². The lowest BCUT2D eigenvalue weighted by Crippen LogP contribution is -2.26. The fourth-order valence-electron chi connectivity index (χ4n) is 1.87. The zero-order valence-corrected chi connectivity index (χ0v) is 14.2. The van der Waals surface area contributed by atoms with Gasteiger partial charge in [0.15, 0.2) is 0 Å². The molecule has 1 amide bonds. The number of carbonyl (C=O) groups excluding carboxylic acids is 1. The van der Waals surface area contributed by atoms with Gasteiger partial charge in [-0.15, -0.1) is 0 Å². The summed E-state index contributed by atoms with van der Waals surface area (Å²) >= 11 is 7.03. The summed E-state index contributed by atoms with van der Waals surface area (Å²) in [7, 11) is 0. The summed E-state index contributed by atoms with van der Waals surface area (Å²) in [5.74, 6) is -0.0682. The molecule has 2 aromatic carbocycles. The molecule has 0 saturated carbocycles. The fraction of sp³-hybridized carbons (Fsp3) is 0.188. The van der Waals surface area contributed by atoms with Gasteiger partial charge in [0.1, 0.15) is 4.83 Å². The number of rotatable bonds is 4. The van der Waals surface area contributed by atoms with Crippen LogP contribution in [-0.4, -0.2) is 10.7 Å². The van der Waals surface area contributed by atoms with Crippen molar-refractivity contribution in [2.24, 2.45) is 0 Å². The molecule has 0 heterocycles. The molecule has 0 aliphatic rings. The van der Waals surface area contributed by atoms with Crippen LogP contribution in [0.4, 0.5) is 5.69 Å². The van der Waals surface area contributed by atoms with Gasteiger partial charge in [0.2, 0.25) is 5.91 Å². The Kier molecular flexibility index (Phi) is 5.38. The minimum absolute atomic E-state index is 0.0682. The Hall–Kier alpha value is -1.13. The fourth-order valence-corrected chi connectivity index (χ4v) is 2.84. The maximum atomic E-state index is 12.3. The average Bonchev–Trinajstić information content (AvgIpc) is 2.46. The minimum atomic E-state index is -0.342. The second-order valence-electron chi connectivity index (χ2n) is 4.57. The van der Waals surface area contributed by atoms with E-state index >= 15 is 0 Å². The Bertz CT molecular complexity index is 586. The number of anilines is 1. The van der Waals surface area contributed by atoms with E-state index in [0.29, 0.717) is 0 Å². The number of aryl methyl sites for hydroxylation is 1. The summed E-state index contributed by atoms with van der Waals surface area (Å²) in [5.41, 5.74) is 2.99. The Balaban J connectivity index is 2.05. The van der Waals surface area contributed by atoms with Gasteiger partial charge in [-0.2, -0.15) is 0 Å². The van der Waals surface area contributed by atoms with Gasteiger partial charge in [-0.25, -0.2) is 0 Å². The van der Waals surface area contributed by atoms with Crippen LogP contribution in [0.5, 0.6) is 0 Å². The monoisotopic (exact) mass is 395 g/mol. The molecule has 0 fully saturated rings. The Morgan fingerprint density at radius 2 is 1.75 bits per heavy atom. The molecular weight excluding hydrogens is 382 g/mol. The van der Waals surface area contributed by atoms with Crippen molar-refractivity contribution in [1.29, 1.82) is 0 Å². The second kappa shape index (κ2) is 7.04. The standard InChI is InChI=1S/C16H15Br2NO/c1-11-6-5-9-13(10-11)19-16(20)15(18)14(17)12-7-3-2-4-8-12/h2-10,14-15H,1H3,(H,19,20). The van der Waals surface area contributed by atoms with Crippen LogP contribution in [0, 0.1) is 6.92 Å². The molecule has 0 spiro atoms. The van der Waals surface area contributed by atoms with Gasteiger partial charge in [-0.1, -0.05) is 74.3 Å². The van der Waals surface area contributed by atoms with E-state index in [9.17, 15) is 4.79 Å². The van der Waals surface area contributed by atoms with Crippen molar-refractivity contribution in [3.8, 4) is 0 Å². The maximum absolute atomic E-state index is 12.3. The van der Waals surface area contributed by atoms with Gasteiger partial charge in [0.05, 0.1) is 4.83 Å². The van der Waals surface area contributed by atoms with Gasteiger partial charge >= 0.3 is 0 Å². The minimum Gasteiger partial charge on any atom is -0.325 e. The summed E-state index contributed by atoms with van der Waals surface area (Å²) in [5, 5.41) is 2.92. The van der Waals surface area contributed by atoms with Crippen LogP contribution in [-0.2, 0) is 4.79 Å². The van der Waals surface area contributed by atoms with E-state index in [2.05, 4.69) is 37.2 Å². The number of amides is 1. The molecule has 20 heavy (non-hydrogen) atoms. The summed E-state index contributed by atoms with van der Waals surface area (Å²) < 4.78 is 0. The smallest absolute Gasteiger partial charge is 0.239 e. The molecule has 0 saturated heterocycles. The average molecular weight is 397 g/mol. The van der Waals surface area contributed by atoms with Crippen LogP contribution in [0.2, 0.25) is 0 Å². The third-order valence-corrected chi connectivity index (χ3v) is 5.62. The van der Waals surface area contributed by atoms with E-state index in [4.69, 9.17) is 0 Å². The second-order valence-corrected chi connectivity index (χ2v) is 6.55. The van der Waals surface area contributed by atoms with Crippen LogP contribution in [0.3, 0.4) is 0 Å². The van der Waals surface area contributed by atoms with Crippen molar-refractivity contribution >= 4 is 43.5 Å². The highest BCUT2D eigenvalue weighted by Crippen LogP contribution is 2.31. The Morgan fingerprint density at radius 1 is 1.05 bits per heavy atom. The lowest BCUT2D eigenvalue weighted by molar-refractivity contribution is -0.115. The van der Waals surface area contributed by atoms with E-state index in [1.165, 1.54) is 0 Å². The van der Waals surface area contributed by atoms with Crippen LogP contribution >= 0.6 is 31.9 Å². The van der Waals surface area contributed by atoms with E-state index in [1.54, 1.807) is 0 Å². The number of halogens is 2. The maximum Gasteiger partial charge on any atom is 0.239 e. The molecule has 0 aromatic heterocycles. The third-order valence-electron chi connectivity index (χ3n) is 2.91. The molecule has 1 N–H and O–H groups in total. The lowest BCUT2D eigenvalue weighted by Gasteiger charge is -2.17. The molecule has 2 nitrogen and oxygen atoms in total. The normalized spacial score (nSPS) is 13.6. The highest BCUT2D eigenvalue weighted by molar-refractivity contribution is 9.12. The van der Waals surface area contributed by atoms with E-state index in [0.717, 1.165) is 16.8 Å². The molecule has 0 aliphatic heterocycles. The van der Waals surface area contributed by atoms with Crippen LogP contribution in [0.25, 0.3) is 0 Å². The first-order valence-corrected chi connectivity index (χ1v) is 8.11.